The lowest BCUT2D eigenvalue weighted by molar-refractivity contribution is -0.146. The number of aromatic hydroxyl groups is 1. The molecule has 0 saturated heterocycles. The molecule has 3 amide bonds. The maximum absolute atomic E-state index is 14.4. The smallest absolute Gasteiger partial charge is 0.408 e. The molecule has 0 saturated carbocycles. The molecular formula is C31H45N3O5S. The highest BCUT2D eigenvalue weighted by molar-refractivity contribution is 7.98. The predicted octanol–water partition coefficient (Wildman–Crippen LogP) is 6.27. The van der Waals surface area contributed by atoms with Gasteiger partial charge in [-0.15, -0.1) is 0 Å². The number of para-hydroxylation sites is 2. The number of benzene rings is 2. The SMILES string of the molecule is CSCCC(NC(=O)OC(C)(C)C)C(=O)N(C(C(=O)Nc1c(C)cccc1C)c1cccc(C)c1O)C(C)(C)C. The number of nitrogens with one attached hydrogen (secondary N) is 2. The van der Waals surface area contributed by atoms with Crippen molar-refractivity contribution in [2.24, 2.45) is 0 Å². The molecule has 2 atom stereocenters. The Bertz CT molecular complexity index is 1200. The number of aryl methyl sites for hydroxylation is 3. The van der Waals surface area contributed by atoms with Crippen molar-refractivity contribution in [3.8, 4) is 5.75 Å². The Kier molecular flexibility index (Phi) is 11.1. The Labute approximate surface area is 243 Å². The van der Waals surface area contributed by atoms with Crippen LogP contribution in [0.3, 0.4) is 0 Å². The third kappa shape index (κ3) is 8.65. The first-order valence-electron chi connectivity index (χ1n) is 13.4. The zero-order chi connectivity index (χ0) is 30.4. The van der Waals surface area contributed by atoms with E-state index in [0.29, 0.717) is 29.0 Å². The Balaban J connectivity index is 2.68. The second kappa shape index (κ2) is 13.4. The molecule has 0 heterocycles. The van der Waals surface area contributed by atoms with Crippen LogP contribution in [0.15, 0.2) is 36.4 Å². The van der Waals surface area contributed by atoms with Crippen LogP contribution in [0.1, 0.15) is 76.3 Å². The number of rotatable bonds is 9. The predicted molar refractivity (Wildman–Crippen MR) is 163 cm³/mol. The number of hydrogen-bond acceptors (Lipinski definition) is 6. The molecular weight excluding hydrogens is 526 g/mol. The van der Waals surface area contributed by atoms with E-state index in [2.05, 4.69) is 10.6 Å². The van der Waals surface area contributed by atoms with Gasteiger partial charge in [0.15, 0.2) is 0 Å². The number of phenols is 1. The van der Waals surface area contributed by atoms with Crippen LogP contribution < -0.4 is 10.6 Å². The van der Waals surface area contributed by atoms with Crippen LogP contribution in [-0.4, -0.2) is 57.1 Å². The summed E-state index contributed by atoms with van der Waals surface area (Å²) in [6.45, 7) is 16.3. The van der Waals surface area contributed by atoms with Crippen molar-refractivity contribution >= 4 is 35.4 Å². The van der Waals surface area contributed by atoms with E-state index in [0.717, 1.165) is 11.1 Å². The van der Waals surface area contributed by atoms with Gasteiger partial charge in [0, 0.05) is 16.8 Å². The van der Waals surface area contributed by atoms with Gasteiger partial charge in [-0.1, -0.05) is 36.4 Å². The molecule has 2 aromatic rings. The molecule has 0 bridgehead atoms. The highest BCUT2D eigenvalue weighted by Gasteiger charge is 2.43. The standard InChI is InChI=1S/C31H45N3O5S/c1-19-13-11-14-20(2)24(19)33-27(36)25(22-16-12-15-21(3)26(22)35)34(30(4,5)6)28(37)23(17-18-40-10)32-29(38)39-31(7,8)9/h11-16,23,25,35H,17-18H2,1-10H3,(H,32,38)(H,33,36). The average molecular weight is 572 g/mol. The number of hydrogen-bond donors (Lipinski definition) is 3. The highest BCUT2D eigenvalue weighted by Crippen LogP contribution is 2.37. The molecule has 0 fully saturated rings. The number of nitrogens with zero attached hydrogens (tertiary/aromatic N) is 1. The van der Waals surface area contributed by atoms with Gasteiger partial charge in [-0.2, -0.15) is 11.8 Å². The Morgan fingerprint density at radius 2 is 1.50 bits per heavy atom. The summed E-state index contributed by atoms with van der Waals surface area (Å²) in [6, 6.07) is 8.71. The summed E-state index contributed by atoms with van der Waals surface area (Å²) in [5.74, 6) is -0.386. The van der Waals surface area contributed by atoms with Crippen LogP contribution in [0, 0.1) is 20.8 Å². The zero-order valence-corrected chi connectivity index (χ0v) is 26.3. The number of amides is 3. The summed E-state index contributed by atoms with van der Waals surface area (Å²) < 4.78 is 5.45. The summed E-state index contributed by atoms with van der Waals surface area (Å²) in [7, 11) is 0. The summed E-state index contributed by atoms with van der Waals surface area (Å²) in [6.07, 6.45) is 1.54. The van der Waals surface area contributed by atoms with Gasteiger partial charge in [0.1, 0.15) is 23.4 Å². The second-order valence-corrected chi connectivity index (χ2v) is 13.0. The fourth-order valence-electron chi connectivity index (χ4n) is 4.46. The molecule has 0 radical (unpaired) electrons. The second-order valence-electron chi connectivity index (χ2n) is 12.0. The molecule has 2 unspecified atom stereocenters. The van der Waals surface area contributed by atoms with Crippen molar-refractivity contribution in [3.05, 3.63) is 58.7 Å². The fraction of sp³-hybridized carbons (Fsp3) is 0.516. The molecule has 0 aliphatic rings. The quantitative estimate of drug-likeness (QED) is 0.327. The number of phenolic OH excluding ortho intramolecular Hbond substituents is 1. The molecule has 0 aliphatic heterocycles. The van der Waals surface area contributed by atoms with Gasteiger partial charge in [0.05, 0.1) is 0 Å². The Hall–Kier alpha value is -3.20. The van der Waals surface area contributed by atoms with Crippen molar-refractivity contribution in [3.63, 3.8) is 0 Å². The number of carbonyl (C=O) groups excluding carboxylic acids is 3. The number of ether oxygens (including phenoxy) is 1. The minimum absolute atomic E-state index is 0.0630. The van der Waals surface area contributed by atoms with Crippen molar-refractivity contribution < 1.29 is 24.2 Å². The summed E-state index contributed by atoms with van der Waals surface area (Å²) in [4.78, 5) is 42.8. The Morgan fingerprint density at radius 3 is 2.02 bits per heavy atom. The van der Waals surface area contributed by atoms with Gasteiger partial charge in [-0.05, 0) is 97.4 Å². The normalized spacial score (nSPS) is 13.2. The van der Waals surface area contributed by atoms with E-state index < -0.39 is 41.1 Å². The summed E-state index contributed by atoms with van der Waals surface area (Å²) >= 11 is 1.55. The summed E-state index contributed by atoms with van der Waals surface area (Å²) in [5, 5.41) is 16.9. The molecule has 8 nitrogen and oxygen atoms in total. The molecule has 3 N–H and O–H groups in total. The molecule has 220 valence electrons. The van der Waals surface area contributed by atoms with E-state index in [1.54, 1.807) is 57.7 Å². The first-order chi connectivity index (χ1) is 18.5. The third-order valence-corrected chi connectivity index (χ3v) is 7.00. The first-order valence-corrected chi connectivity index (χ1v) is 14.8. The lowest BCUT2D eigenvalue weighted by Gasteiger charge is -2.43. The van der Waals surface area contributed by atoms with Gasteiger partial charge < -0.3 is 25.4 Å². The minimum Gasteiger partial charge on any atom is -0.507 e. The maximum Gasteiger partial charge on any atom is 0.408 e. The van der Waals surface area contributed by atoms with E-state index in [9.17, 15) is 19.5 Å². The molecule has 0 aliphatic carbocycles. The van der Waals surface area contributed by atoms with Crippen LogP contribution >= 0.6 is 11.8 Å². The van der Waals surface area contributed by atoms with Crippen LogP contribution in [-0.2, 0) is 14.3 Å². The van der Waals surface area contributed by atoms with E-state index in [4.69, 9.17) is 4.74 Å². The Morgan fingerprint density at radius 1 is 0.950 bits per heavy atom. The number of carbonyl (C=O) groups is 3. The van der Waals surface area contributed by atoms with Crippen molar-refractivity contribution in [1.29, 1.82) is 0 Å². The third-order valence-electron chi connectivity index (χ3n) is 6.36. The zero-order valence-electron chi connectivity index (χ0n) is 25.5. The van der Waals surface area contributed by atoms with E-state index >= 15 is 0 Å². The van der Waals surface area contributed by atoms with Crippen LogP contribution in [0.5, 0.6) is 5.75 Å². The van der Waals surface area contributed by atoms with Crippen LogP contribution in [0.25, 0.3) is 0 Å². The molecule has 2 aromatic carbocycles. The summed E-state index contributed by atoms with van der Waals surface area (Å²) in [5.41, 5.74) is 1.65. The fourth-order valence-corrected chi connectivity index (χ4v) is 4.93. The molecule has 2 rings (SSSR count). The first kappa shape index (κ1) is 33.0. The van der Waals surface area contributed by atoms with Crippen LogP contribution in [0.4, 0.5) is 10.5 Å². The van der Waals surface area contributed by atoms with Gasteiger partial charge in [0.2, 0.25) is 5.91 Å². The van der Waals surface area contributed by atoms with Crippen LogP contribution in [0.2, 0.25) is 0 Å². The molecule has 0 spiro atoms. The minimum atomic E-state index is -1.19. The molecule has 0 aromatic heterocycles. The van der Waals surface area contributed by atoms with E-state index in [1.807, 2.05) is 59.1 Å². The van der Waals surface area contributed by atoms with Gasteiger partial charge >= 0.3 is 6.09 Å². The average Bonchev–Trinajstić information content (AvgIpc) is 2.82. The van der Waals surface area contributed by atoms with Gasteiger partial charge in [0.25, 0.3) is 5.91 Å². The van der Waals surface area contributed by atoms with Crippen molar-refractivity contribution in [2.75, 3.05) is 17.3 Å². The largest absolute Gasteiger partial charge is 0.507 e. The maximum atomic E-state index is 14.4. The molecule has 9 heteroatoms. The molecule has 40 heavy (non-hydrogen) atoms. The van der Waals surface area contributed by atoms with Gasteiger partial charge in [-0.3, -0.25) is 9.59 Å². The van der Waals surface area contributed by atoms with Gasteiger partial charge in [-0.25, -0.2) is 4.79 Å². The lowest BCUT2D eigenvalue weighted by Crippen LogP contribution is -2.58. The van der Waals surface area contributed by atoms with E-state index in [1.165, 1.54) is 4.90 Å². The van der Waals surface area contributed by atoms with E-state index in [-0.39, 0.29) is 5.75 Å². The lowest BCUT2D eigenvalue weighted by atomic mass is 9.93. The monoisotopic (exact) mass is 571 g/mol. The topological polar surface area (TPSA) is 108 Å². The van der Waals surface area contributed by atoms with Crippen molar-refractivity contribution in [1.82, 2.24) is 10.2 Å². The number of anilines is 1. The van der Waals surface area contributed by atoms with Crippen molar-refractivity contribution in [2.45, 2.75) is 92.0 Å². The highest BCUT2D eigenvalue weighted by atomic mass is 32.2. The number of alkyl carbamates (subject to hydrolysis) is 1. The number of thioether (sulfide) groups is 1.